The summed E-state index contributed by atoms with van der Waals surface area (Å²) in [5.41, 5.74) is 4.78. The number of anilines is 1. The molecule has 38 heavy (non-hydrogen) atoms. The van der Waals surface area contributed by atoms with E-state index in [1.807, 2.05) is 61.5 Å². The van der Waals surface area contributed by atoms with E-state index >= 15 is 0 Å². The van der Waals surface area contributed by atoms with Crippen LogP contribution >= 0.6 is 0 Å². The Morgan fingerprint density at radius 3 is 2.26 bits per heavy atom. The van der Waals surface area contributed by atoms with Crippen LogP contribution in [-0.4, -0.2) is 42.3 Å². The molecule has 0 spiro atoms. The largest absolute Gasteiger partial charge is 0.392 e. The Hall–Kier alpha value is -3.23. The van der Waals surface area contributed by atoms with Gasteiger partial charge in [-0.05, 0) is 49.7 Å². The number of nitrogens with one attached hydrogen (secondary N) is 2. The summed E-state index contributed by atoms with van der Waals surface area (Å²) >= 11 is 0. The second kappa shape index (κ2) is 13.0. The van der Waals surface area contributed by atoms with Gasteiger partial charge in [-0.1, -0.05) is 73.7 Å². The first kappa shape index (κ1) is 27.8. The summed E-state index contributed by atoms with van der Waals surface area (Å²) in [7, 11) is 2.13. The molecule has 7 nitrogen and oxygen atoms in total. The molecule has 3 aromatic carbocycles. The Kier molecular flexibility index (Phi) is 9.53. The smallest absolute Gasteiger partial charge is 0.319 e. The van der Waals surface area contributed by atoms with Crippen LogP contribution in [0.15, 0.2) is 78.9 Å². The molecule has 0 saturated carbocycles. The summed E-state index contributed by atoms with van der Waals surface area (Å²) in [5.74, 6) is 0.0929. The number of amides is 2. The first-order valence-electron chi connectivity index (χ1n) is 13.3. The lowest BCUT2D eigenvalue weighted by atomic mass is 9.89. The monoisotopic (exact) mass is 517 g/mol. The average molecular weight is 518 g/mol. The summed E-state index contributed by atoms with van der Waals surface area (Å²) in [6.07, 6.45) is -0.821. The fourth-order valence-electron chi connectivity index (χ4n) is 4.82. The number of carbonyl (C=O) groups is 1. The number of ether oxygens (including phenoxy) is 2. The molecule has 0 radical (unpaired) electrons. The van der Waals surface area contributed by atoms with Gasteiger partial charge in [-0.25, -0.2) is 4.79 Å². The van der Waals surface area contributed by atoms with Crippen molar-refractivity contribution in [3.05, 3.63) is 101 Å². The van der Waals surface area contributed by atoms with E-state index < -0.39 is 6.29 Å². The third-order valence-corrected chi connectivity index (χ3v) is 7.31. The molecule has 5 atom stereocenters. The van der Waals surface area contributed by atoms with Crippen LogP contribution in [0, 0.1) is 5.92 Å². The molecule has 4 rings (SSSR count). The molecule has 0 aromatic heterocycles. The molecular weight excluding hydrogens is 478 g/mol. The van der Waals surface area contributed by atoms with Gasteiger partial charge in [0.15, 0.2) is 6.29 Å². The van der Waals surface area contributed by atoms with Crippen LogP contribution in [0.5, 0.6) is 0 Å². The summed E-state index contributed by atoms with van der Waals surface area (Å²) < 4.78 is 13.2. The minimum atomic E-state index is -0.558. The molecule has 0 bridgehead atoms. The number of carbonyl (C=O) groups excluding carboxylic acids is 1. The third-order valence-electron chi connectivity index (χ3n) is 7.31. The summed E-state index contributed by atoms with van der Waals surface area (Å²) in [6.45, 7) is 7.57. The Labute approximate surface area is 225 Å². The van der Waals surface area contributed by atoms with Gasteiger partial charge in [0.25, 0.3) is 0 Å². The lowest BCUT2D eigenvalue weighted by molar-refractivity contribution is -0.276. The van der Waals surface area contributed by atoms with Crippen molar-refractivity contribution in [2.24, 2.45) is 5.92 Å². The average Bonchev–Trinajstić information content (AvgIpc) is 2.95. The van der Waals surface area contributed by atoms with E-state index in [1.54, 1.807) is 0 Å². The highest BCUT2D eigenvalue weighted by Crippen LogP contribution is 2.42. The van der Waals surface area contributed by atoms with E-state index in [-0.39, 0.29) is 36.8 Å². The van der Waals surface area contributed by atoms with E-state index in [9.17, 15) is 9.90 Å². The van der Waals surface area contributed by atoms with Crippen LogP contribution in [0.4, 0.5) is 10.5 Å². The van der Waals surface area contributed by atoms with Gasteiger partial charge in [0.1, 0.15) is 0 Å². The third kappa shape index (κ3) is 6.79. The van der Waals surface area contributed by atoms with Crippen molar-refractivity contribution in [1.82, 2.24) is 10.2 Å². The number of aliphatic hydroxyl groups excluding tert-OH is 1. The van der Waals surface area contributed by atoms with E-state index in [0.29, 0.717) is 12.2 Å². The Morgan fingerprint density at radius 1 is 0.974 bits per heavy atom. The SMILES string of the molecule is CCNC(=O)Nc1ccc([C@@H]2O[C@H](CN(C)[C@@H](C)c3ccccc3)[C@H](C)[C@H](c3ccc(CO)cc3)O2)cc1. The maximum absolute atomic E-state index is 11.9. The Balaban J connectivity index is 1.56. The zero-order valence-electron chi connectivity index (χ0n) is 22.6. The molecule has 7 heteroatoms. The van der Waals surface area contributed by atoms with Crippen molar-refractivity contribution < 1.29 is 19.4 Å². The van der Waals surface area contributed by atoms with Gasteiger partial charge in [-0.15, -0.1) is 0 Å². The first-order chi connectivity index (χ1) is 18.4. The second-order valence-corrected chi connectivity index (χ2v) is 9.95. The molecule has 2 amide bonds. The van der Waals surface area contributed by atoms with Gasteiger partial charge in [-0.2, -0.15) is 0 Å². The van der Waals surface area contributed by atoms with Crippen LogP contribution < -0.4 is 10.6 Å². The van der Waals surface area contributed by atoms with E-state index in [4.69, 9.17) is 9.47 Å². The maximum atomic E-state index is 11.9. The predicted molar refractivity (Wildman–Crippen MR) is 150 cm³/mol. The molecule has 1 heterocycles. The van der Waals surface area contributed by atoms with Gasteiger partial charge in [0.05, 0.1) is 18.8 Å². The lowest BCUT2D eigenvalue weighted by Gasteiger charge is -2.43. The van der Waals surface area contributed by atoms with Gasteiger partial charge in [0.2, 0.25) is 0 Å². The van der Waals surface area contributed by atoms with Crippen molar-refractivity contribution in [2.75, 3.05) is 25.5 Å². The van der Waals surface area contributed by atoms with Crippen molar-refractivity contribution in [3.63, 3.8) is 0 Å². The fraction of sp³-hybridized carbons (Fsp3) is 0.387. The number of aliphatic hydroxyl groups is 1. The van der Waals surface area contributed by atoms with Gasteiger partial charge in [-0.3, -0.25) is 4.90 Å². The van der Waals surface area contributed by atoms with Gasteiger partial charge < -0.3 is 25.2 Å². The number of benzene rings is 3. The number of hydrogen-bond donors (Lipinski definition) is 3. The zero-order valence-corrected chi connectivity index (χ0v) is 22.6. The maximum Gasteiger partial charge on any atom is 0.319 e. The summed E-state index contributed by atoms with van der Waals surface area (Å²) in [4.78, 5) is 14.2. The second-order valence-electron chi connectivity index (χ2n) is 9.95. The van der Waals surface area contributed by atoms with Crippen molar-refractivity contribution in [2.45, 2.75) is 51.9 Å². The summed E-state index contributed by atoms with van der Waals surface area (Å²) in [6, 6.07) is 26.0. The molecular formula is C31H39N3O4. The number of nitrogens with zero attached hydrogens (tertiary/aromatic N) is 1. The van der Waals surface area contributed by atoms with Crippen LogP contribution in [0.1, 0.15) is 61.5 Å². The standard InChI is InChI=1S/C31H39N3O4/c1-5-32-31(36)33-27-17-15-26(16-18-27)30-37-28(19-34(4)22(3)24-9-7-6-8-10-24)21(2)29(38-30)25-13-11-23(20-35)12-14-25/h6-18,21-22,28-30,35H,5,19-20H2,1-4H3,(H2,32,33,36)/t21-,22-,28+,29+,30+/m0/s1. The molecule has 1 aliphatic rings. The van der Waals surface area contributed by atoms with Crippen LogP contribution in [0.25, 0.3) is 0 Å². The Bertz CT molecular complexity index is 1150. The lowest BCUT2D eigenvalue weighted by Crippen LogP contribution is -2.44. The molecule has 3 N–H and O–H groups in total. The van der Waals surface area contributed by atoms with E-state index in [0.717, 1.165) is 23.2 Å². The zero-order chi connectivity index (χ0) is 27.1. The molecule has 0 unspecified atom stereocenters. The number of urea groups is 1. The Morgan fingerprint density at radius 2 is 1.63 bits per heavy atom. The minimum absolute atomic E-state index is 0.00848. The van der Waals surface area contributed by atoms with Gasteiger partial charge >= 0.3 is 6.03 Å². The summed E-state index contributed by atoms with van der Waals surface area (Å²) in [5, 5.41) is 15.1. The van der Waals surface area contributed by atoms with E-state index in [2.05, 4.69) is 60.7 Å². The number of hydrogen-bond acceptors (Lipinski definition) is 5. The molecule has 1 fully saturated rings. The molecule has 1 aliphatic heterocycles. The molecule has 3 aromatic rings. The number of rotatable bonds is 9. The highest BCUT2D eigenvalue weighted by molar-refractivity contribution is 5.89. The van der Waals surface area contributed by atoms with Crippen molar-refractivity contribution in [1.29, 1.82) is 0 Å². The predicted octanol–water partition coefficient (Wildman–Crippen LogP) is 5.80. The normalized spacial score (nSPS) is 22.2. The highest BCUT2D eigenvalue weighted by atomic mass is 16.7. The topological polar surface area (TPSA) is 83.1 Å². The van der Waals surface area contributed by atoms with Crippen LogP contribution in [0.2, 0.25) is 0 Å². The molecule has 0 aliphatic carbocycles. The fourth-order valence-corrected chi connectivity index (χ4v) is 4.82. The van der Waals surface area contributed by atoms with Crippen LogP contribution in [-0.2, 0) is 16.1 Å². The first-order valence-corrected chi connectivity index (χ1v) is 13.3. The molecule has 1 saturated heterocycles. The highest BCUT2D eigenvalue weighted by Gasteiger charge is 2.39. The van der Waals surface area contributed by atoms with Gasteiger partial charge in [0, 0.05) is 36.3 Å². The quantitative estimate of drug-likeness (QED) is 0.334. The van der Waals surface area contributed by atoms with Crippen molar-refractivity contribution in [3.8, 4) is 0 Å². The van der Waals surface area contributed by atoms with Crippen LogP contribution in [0.3, 0.4) is 0 Å². The van der Waals surface area contributed by atoms with E-state index in [1.165, 1.54) is 5.56 Å². The minimum Gasteiger partial charge on any atom is -0.392 e. The molecule has 202 valence electrons. The van der Waals surface area contributed by atoms with Crippen molar-refractivity contribution >= 4 is 11.7 Å². The number of likely N-dealkylation sites (N-methyl/N-ethyl adjacent to an activating group) is 1.